The second-order valence-electron chi connectivity index (χ2n) is 5.09. The van der Waals surface area contributed by atoms with Gasteiger partial charge in [0.15, 0.2) is 0 Å². The fraction of sp³-hybridized carbons (Fsp3) is 0.900. The Morgan fingerprint density at radius 1 is 1.20 bits per heavy atom. The highest BCUT2D eigenvalue weighted by molar-refractivity contribution is 6.46. The number of rotatable bonds is 2. The number of hydrogen-bond donors (Lipinski definition) is 0. The predicted molar refractivity (Wildman–Crippen MR) is 59.4 cm³/mol. The first-order valence-electron chi connectivity index (χ1n) is 5.23. The molecule has 1 amide bonds. The van der Waals surface area contributed by atoms with E-state index in [1.54, 1.807) is 11.9 Å². The summed E-state index contributed by atoms with van der Waals surface area (Å²) in [5, 5.41) is 0. The van der Waals surface area contributed by atoms with Gasteiger partial charge in [0.1, 0.15) is 0 Å². The summed E-state index contributed by atoms with van der Waals surface area (Å²) in [7, 11) is 1.41. The third-order valence-corrected chi connectivity index (χ3v) is 3.26. The lowest BCUT2D eigenvalue weighted by atomic mass is 9.90. The Morgan fingerprint density at radius 3 is 1.93 bits per heavy atom. The van der Waals surface area contributed by atoms with Crippen molar-refractivity contribution in [1.82, 2.24) is 4.90 Å². The lowest BCUT2D eigenvalue weighted by molar-refractivity contribution is -0.127. The zero-order chi connectivity index (χ0) is 11.9. The summed E-state index contributed by atoms with van der Waals surface area (Å²) in [4.78, 5) is 12.7. The molecule has 0 N–H and O–H groups in total. The zero-order valence-corrected chi connectivity index (χ0v) is 10.5. The van der Waals surface area contributed by atoms with Gasteiger partial charge in [0.25, 0.3) is 0 Å². The summed E-state index contributed by atoms with van der Waals surface area (Å²) in [6.07, 6.45) is 0.474. The van der Waals surface area contributed by atoms with E-state index in [9.17, 15) is 4.79 Å². The standard InChI is InChI=1S/C10H20BNO3/c1-8(13)12(6)7-11-14-9(2,3)10(4,5)15-11/h7H2,1-6H3. The van der Waals surface area contributed by atoms with E-state index in [1.165, 1.54) is 6.92 Å². The monoisotopic (exact) mass is 213 g/mol. The molecule has 0 aromatic heterocycles. The van der Waals surface area contributed by atoms with Crippen LogP contribution in [0.5, 0.6) is 0 Å². The van der Waals surface area contributed by atoms with Gasteiger partial charge in [-0.05, 0) is 27.7 Å². The summed E-state index contributed by atoms with van der Waals surface area (Å²) >= 11 is 0. The highest BCUT2D eigenvalue weighted by Gasteiger charge is 2.51. The molecule has 86 valence electrons. The van der Waals surface area contributed by atoms with Crippen molar-refractivity contribution in [2.24, 2.45) is 0 Å². The van der Waals surface area contributed by atoms with Crippen LogP contribution in [-0.4, -0.2) is 42.6 Å². The molecule has 0 spiro atoms. The van der Waals surface area contributed by atoms with Crippen LogP contribution in [0, 0.1) is 0 Å². The molecule has 0 bridgehead atoms. The fourth-order valence-electron chi connectivity index (χ4n) is 1.39. The third-order valence-electron chi connectivity index (χ3n) is 3.26. The van der Waals surface area contributed by atoms with E-state index < -0.39 is 0 Å². The number of carbonyl (C=O) groups excluding carboxylic acids is 1. The molecule has 1 aliphatic rings. The number of amides is 1. The molecular formula is C10H20BNO3. The van der Waals surface area contributed by atoms with Crippen LogP contribution in [0.2, 0.25) is 0 Å². The molecule has 0 aromatic rings. The van der Waals surface area contributed by atoms with E-state index in [4.69, 9.17) is 9.31 Å². The molecule has 15 heavy (non-hydrogen) atoms. The summed E-state index contributed by atoms with van der Waals surface area (Å²) in [6.45, 7) is 9.54. The number of carbonyl (C=O) groups is 1. The van der Waals surface area contributed by atoms with E-state index in [0.29, 0.717) is 6.44 Å². The maximum Gasteiger partial charge on any atom is 0.478 e. The van der Waals surface area contributed by atoms with Gasteiger partial charge in [0, 0.05) is 14.0 Å². The molecule has 1 fully saturated rings. The van der Waals surface area contributed by atoms with Crippen molar-refractivity contribution < 1.29 is 14.1 Å². The highest BCUT2D eigenvalue weighted by Crippen LogP contribution is 2.36. The second-order valence-corrected chi connectivity index (χ2v) is 5.09. The molecule has 1 heterocycles. The van der Waals surface area contributed by atoms with Gasteiger partial charge in [-0.15, -0.1) is 0 Å². The topological polar surface area (TPSA) is 38.8 Å². The molecular weight excluding hydrogens is 193 g/mol. The fourth-order valence-corrected chi connectivity index (χ4v) is 1.39. The minimum atomic E-state index is -0.330. The van der Waals surface area contributed by atoms with Crippen molar-refractivity contribution in [2.45, 2.75) is 45.8 Å². The van der Waals surface area contributed by atoms with Crippen molar-refractivity contribution >= 4 is 13.0 Å². The molecule has 0 aromatic carbocycles. The van der Waals surface area contributed by atoms with E-state index in [1.807, 2.05) is 27.7 Å². The van der Waals surface area contributed by atoms with Crippen molar-refractivity contribution in [3.63, 3.8) is 0 Å². The zero-order valence-electron chi connectivity index (χ0n) is 10.5. The van der Waals surface area contributed by atoms with Gasteiger partial charge < -0.3 is 14.2 Å². The average Bonchev–Trinajstić information content (AvgIpc) is 2.19. The SMILES string of the molecule is CC(=O)N(C)CB1OC(C)(C)C(C)(C)O1. The van der Waals surface area contributed by atoms with Crippen molar-refractivity contribution in [1.29, 1.82) is 0 Å². The summed E-state index contributed by atoms with van der Waals surface area (Å²) in [6, 6.07) is 0. The number of nitrogens with zero attached hydrogens (tertiary/aromatic N) is 1. The summed E-state index contributed by atoms with van der Waals surface area (Å²) in [5.74, 6) is 0.0183. The minimum Gasteiger partial charge on any atom is -0.402 e. The molecule has 0 unspecified atom stereocenters. The third kappa shape index (κ3) is 2.52. The van der Waals surface area contributed by atoms with Gasteiger partial charge >= 0.3 is 7.12 Å². The van der Waals surface area contributed by atoms with Crippen LogP contribution in [-0.2, 0) is 14.1 Å². The van der Waals surface area contributed by atoms with Crippen LogP contribution in [0.4, 0.5) is 0 Å². The lowest BCUT2D eigenvalue weighted by Gasteiger charge is -2.32. The van der Waals surface area contributed by atoms with Crippen molar-refractivity contribution in [3.8, 4) is 0 Å². The molecule has 0 radical (unpaired) electrons. The minimum absolute atomic E-state index is 0.0183. The van der Waals surface area contributed by atoms with Crippen LogP contribution in [0.25, 0.3) is 0 Å². The van der Waals surface area contributed by atoms with E-state index in [-0.39, 0.29) is 24.2 Å². The van der Waals surface area contributed by atoms with Crippen LogP contribution < -0.4 is 0 Å². The molecule has 1 saturated heterocycles. The highest BCUT2D eigenvalue weighted by atomic mass is 16.7. The van der Waals surface area contributed by atoms with Crippen LogP contribution in [0.1, 0.15) is 34.6 Å². The summed E-state index contributed by atoms with van der Waals surface area (Å²) < 4.78 is 11.5. The lowest BCUT2D eigenvalue weighted by Crippen LogP contribution is -2.41. The molecule has 1 rings (SSSR count). The van der Waals surface area contributed by atoms with Gasteiger partial charge in [-0.25, -0.2) is 0 Å². The quantitative estimate of drug-likeness (QED) is 0.644. The molecule has 0 atom stereocenters. The Labute approximate surface area is 92.1 Å². The number of hydrogen-bond acceptors (Lipinski definition) is 3. The van der Waals surface area contributed by atoms with Crippen LogP contribution in [0.15, 0.2) is 0 Å². The first-order valence-corrected chi connectivity index (χ1v) is 5.23. The average molecular weight is 213 g/mol. The van der Waals surface area contributed by atoms with Gasteiger partial charge in [-0.1, -0.05) is 0 Å². The Balaban J connectivity index is 2.60. The Kier molecular flexibility index (Phi) is 3.17. The van der Waals surface area contributed by atoms with Gasteiger partial charge in [-0.2, -0.15) is 0 Å². The van der Waals surface area contributed by atoms with E-state index >= 15 is 0 Å². The smallest absolute Gasteiger partial charge is 0.402 e. The largest absolute Gasteiger partial charge is 0.478 e. The summed E-state index contributed by atoms with van der Waals surface area (Å²) in [5.41, 5.74) is -0.648. The normalized spacial score (nSPS) is 22.9. The van der Waals surface area contributed by atoms with Crippen LogP contribution in [0.3, 0.4) is 0 Å². The molecule has 0 saturated carbocycles. The Bertz CT molecular complexity index is 249. The van der Waals surface area contributed by atoms with Gasteiger partial charge in [-0.3, -0.25) is 4.79 Å². The van der Waals surface area contributed by atoms with E-state index in [2.05, 4.69) is 0 Å². The molecule has 4 nitrogen and oxygen atoms in total. The van der Waals surface area contributed by atoms with Crippen molar-refractivity contribution in [2.75, 3.05) is 13.5 Å². The predicted octanol–water partition coefficient (Wildman–Crippen LogP) is 1.10. The molecule has 5 heteroatoms. The first kappa shape index (κ1) is 12.5. The van der Waals surface area contributed by atoms with Gasteiger partial charge in [0.05, 0.1) is 17.6 Å². The van der Waals surface area contributed by atoms with Gasteiger partial charge in [0.2, 0.25) is 5.91 Å². The van der Waals surface area contributed by atoms with Crippen LogP contribution >= 0.6 is 0 Å². The Hall–Kier alpha value is -0.545. The maximum atomic E-state index is 11.1. The molecule has 0 aliphatic carbocycles. The van der Waals surface area contributed by atoms with Crippen molar-refractivity contribution in [3.05, 3.63) is 0 Å². The maximum absolute atomic E-state index is 11.1. The Morgan fingerprint density at radius 2 is 1.60 bits per heavy atom. The second kappa shape index (κ2) is 3.79. The molecule has 1 aliphatic heterocycles. The van der Waals surface area contributed by atoms with E-state index in [0.717, 1.165) is 0 Å². The first-order chi connectivity index (χ1) is 6.66.